The number of rotatable bonds is 4. The van der Waals surface area contributed by atoms with Crippen molar-refractivity contribution in [1.29, 1.82) is 0 Å². The molecule has 0 aromatic carbocycles. The highest BCUT2D eigenvalue weighted by Crippen LogP contribution is 2.17. The highest BCUT2D eigenvalue weighted by Gasteiger charge is 2.26. The molecule has 3 N–H and O–H groups in total. The van der Waals surface area contributed by atoms with Crippen molar-refractivity contribution in [3.05, 3.63) is 11.8 Å². The highest BCUT2D eigenvalue weighted by molar-refractivity contribution is 5.93. The average Bonchev–Trinajstić information content (AvgIpc) is 2.85. The fourth-order valence-electron chi connectivity index (χ4n) is 2.65. The van der Waals surface area contributed by atoms with Crippen LogP contribution in [0, 0.1) is 0 Å². The molecule has 1 amide bonds. The van der Waals surface area contributed by atoms with Gasteiger partial charge in [0.05, 0.1) is 0 Å². The summed E-state index contributed by atoms with van der Waals surface area (Å²) in [4.78, 5) is 16.5. The number of nitrogens with two attached hydrogens (primary N) is 1. The van der Waals surface area contributed by atoms with Gasteiger partial charge in [0.15, 0.2) is 0 Å². The van der Waals surface area contributed by atoms with E-state index in [1.165, 1.54) is 6.42 Å². The van der Waals surface area contributed by atoms with E-state index in [4.69, 9.17) is 5.73 Å². The molecular weight excluding hydrogens is 242 g/mol. The molecule has 0 bridgehead atoms. The largest absolute Gasteiger partial charge is 0.382 e. The Bertz CT molecular complexity index is 422. The number of nitrogens with one attached hydrogen (secondary N) is 1. The molecule has 0 radical (unpaired) electrons. The second-order valence-corrected chi connectivity index (χ2v) is 5.20. The van der Waals surface area contributed by atoms with Gasteiger partial charge in [-0.2, -0.15) is 5.10 Å². The van der Waals surface area contributed by atoms with E-state index in [1.807, 2.05) is 11.9 Å². The first kappa shape index (κ1) is 13.9. The van der Waals surface area contributed by atoms with Crippen LogP contribution >= 0.6 is 0 Å². The van der Waals surface area contributed by atoms with Crippen molar-refractivity contribution >= 4 is 11.7 Å². The number of likely N-dealkylation sites (tertiary alicyclic amines) is 1. The van der Waals surface area contributed by atoms with E-state index in [1.54, 1.807) is 6.07 Å². The Morgan fingerprint density at radius 3 is 2.79 bits per heavy atom. The highest BCUT2D eigenvalue weighted by atomic mass is 16.2. The lowest BCUT2D eigenvalue weighted by molar-refractivity contribution is 0.0637. The van der Waals surface area contributed by atoms with Crippen LogP contribution in [0.3, 0.4) is 0 Å². The maximum Gasteiger partial charge on any atom is 0.271 e. The number of hydrogen-bond donors (Lipinski definition) is 2. The SMILES string of the molecule is CCCN1CCC(N(C)C(=O)c2cc(N)n[nH]2)CC1. The van der Waals surface area contributed by atoms with Crippen molar-refractivity contribution in [2.24, 2.45) is 0 Å². The molecule has 2 heterocycles. The van der Waals surface area contributed by atoms with Gasteiger partial charge in [0.2, 0.25) is 0 Å². The first-order chi connectivity index (χ1) is 9.11. The van der Waals surface area contributed by atoms with E-state index < -0.39 is 0 Å². The smallest absolute Gasteiger partial charge is 0.271 e. The monoisotopic (exact) mass is 265 g/mol. The summed E-state index contributed by atoms with van der Waals surface area (Å²) in [6.07, 6.45) is 3.25. The number of H-pyrrole nitrogens is 1. The third-order valence-electron chi connectivity index (χ3n) is 3.79. The van der Waals surface area contributed by atoms with Crippen LogP contribution in [-0.4, -0.2) is 58.6 Å². The van der Waals surface area contributed by atoms with Crippen molar-refractivity contribution in [3.63, 3.8) is 0 Å². The Labute approximate surface area is 113 Å². The Morgan fingerprint density at radius 2 is 2.26 bits per heavy atom. The van der Waals surface area contributed by atoms with Crippen LogP contribution in [0.2, 0.25) is 0 Å². The van der Waals surface area contributed by atoms with Gasteiger partial charge in [-0.25, -0.2) is 0 Å². The molecule has 1 fully saturated rings. The number of nitrogen functional groups attached to an aromatic ring is 1. The van der Waals surface area contributed by atoms with Gasteiger partial charge in [-0.05, 0) is 25.8 Å². The number of aromatic amines is 1. The second kappa shape index (κ2) is 6.06. The van der Waals surface area contributed by atoms with Gasteiger partial charge in [0.25, 0.3) is 5.91 Å². The summed E-state index contributed by atoms with van der Waals surface area (Å²) in [6, 6.07) is 1.90. The molecule has 6 nitrogen and oxygen atoms in total. The molecule has 1 aliphatic heterocycles. The fraction of sp³-hybridized carbons (Fsp3) is 0.692. The minimum absolute atomic E-state index is 0.0295. The van der Waals surface area contributed by atoms with Gasteiger partial charge < -0.3 is 15.5 Å². The zero-order valence-corrected chi connectivity index (χ0v) is 11.7. The standard InChI is InChI=1S/C13H23N5O/c1-3-6-18-7-4-10(5-8-18)17(2)13(19)11-9-12(14)16-15-11/h9-10H,3-8H2,1-2H3,(H3,14,15,16). The predicted molar refractivity (Wildman–Crippen MR) is 74.8 cm³/mol. The number of piperidine rings is 1. The van der Waals surface area contributed by atoms with Crippen LogP contribution in [0.5, 0.6) is 0 Å². The van der Waals surface area contributed by atoms with E-state index in [0.717, 1.165) is 32.5 Å². The molecule has 2 rings (SSSR count). The van der Waals surface area contributed by atoms with Crippen LogP contribution in [-0.2, 0) is 0 Å². The maximum atomic E-state index is 12.2. The lowest BCUT2D eigenvalue weighted by Crippen LogP contribution is -2.45. The third kappa shape index (κ3) is 3.26. The summed E-state index contributed by atoms with van der Waals surface area (Å²) in [6.45, 7) is 5.49. The number of carbonyl (C=O) groups excluding carboxylic acids is 1. The van der Waals surface area contributed by atoms with E-state index in [9.17, 15) is 4.79 Å². The van der Waals surface area contributed by atoms with E-state index in [0.29, 0.717) is 17.6 Å². The molecule has 0 saturated carbocycles. The fourth-order valence-corrected chi connectivity index (χ4v) is 2.65. The summed E-state index contributed by atoms with van der Waals surface area (Å²) in [5, 5.41) is 6.48. The first-order valence-electron chi connectivity index (χ1n) is 6.92. The molecule has 0 aliphatic carbocycles. The van der Waals surface area contributed by atoms with E-state index in [2.05, 4.69) is 22.0 Å². The number of nitrogens with zero attached hydrogens (tertiary/aromatic N) is 3. The number of hydrogen-bond acceptors (Lipinski definition) is 4. The van der Waals surface area contributed by atoms with E-state index in [-0.39, 0.29) is 5.91 Å². The summed E-state index contributed by atoms with van der Waals surface area (Å²) in [5.74, 6) is 0.327. The lowest BCUT2D eigenvalue weighted by atomic mass is 10.0. The minimum atomic E-state index is -0.0295. The normalized spacial score (nSPS) is 17.6. The van der Waals surface area contributed by atoms with Crippen molar-refractivity contribution in [2.75, 3.05) is 32.4 Å². The summed E-state index contributed by atoms with van der Waals surface area (Å²) < 4.78 is 0. The second-order valence-electron chi connectivity index (χ2n) is 5.20. The summed E-state index contributed by atoms with van der Waals surface area (Å²) >= 11 is 0. The van der Waals surface area contributed by atoms with Crippen molar-refractivity contribution in [3.8, 4) is 0 Å². The average molecular weight is 265 g/mol. The number of aromatic nitrogens is 2. The van der Waals surface area contributed by atoms with Gasteiger partial charge in [-0.3, -0.25) is 9.89 Å². The zero-order chi connectivity index (χ0) is 13.8. The molecule has 1 aromatic heterocycles. The molecule has 19 heavy (non-hydrogen) atoms. The molecular formula is C13H23N5O. The van der Waals surface area contributed by atoms with Gasteiger partial charge >= 0.3 is 0 Å². The molecule has 0 unspecified atom stereocenters. The Hall–Kier alpha value is -1.56. The van der Waals surface area contributed by atoms with Crippen LogP contribution < -0.4 is 5.73 Å². The van der Waals surface area contributed by atoms with Crippen LogP contribution in [0.1, 0.15) is 36.7 Å². The summed E-state index contributed by atoms with van der Waals surface area (Å²) in [5.41, 5.74) is 6.00. The Balaban J connectivity index is 1.90. The van der Waals surface area contributed by atoms with Crippen molar-refractivity contribution < 1.29 is 4.79 Å². The van der Waals surface area contributed by atoms with Crippen molar-refractivity contribution in [1.82, 2.24) is 20.0 Å². The molecule has 1 aromatic rings. The minimum Gasteiger partial charge on any atom is -0.382 e. The quantitative estimate of drug-likeness (QED) is 0.849. The van der Waals surface area contributed by atoms with Crippen LogP contribution in [0.25, 0.3) is 0 Å². The van der Waals surface area contributed by atoms with Crippen molar-refractivity contribution in [2.45, 2.75) is 32.2 Å². The Kier molecular flexibility index (Phi) is 4.42. The lowest BCUT2D eigenvalue weighted by Gasteiger charge is -2.36. The van der Waals surface area contributed by atoms with Gasteiger partial charge in [0.1, 0.15) is 11.5 Å². The number of carbonyl (C=O) groups is 1. The molecule has 6 heteroatoms. The topological polar surface area (TPSA) is 78.2 Å². The number of anilines is 1. The van der Waals surface area contributed by atoms with Crippen LogP contribution in [0.4, 0.5) is 5.82 Å². The third-order valence-corrected chi connectivity index (χ3v) is 3.79. The molecule has 106 valence electrons. The number of amides is 1. The van der Waals surface area contributed by atoms with Gasteiger partial charge in [0, 0.05) is 32.2 Å². The molecule has 1 aliphatic rings. The predicted octanol–water partition coefficient (Wildman–Crippen LogP) is 0.938. The summed E-state index contributed by atoms with van der Waals surface area (Å²) in [7, 11) is 1.86. The maximum absolute atomic E-state index is 12.2. The van der Waals surface area contributed by atoms with Gasteiger partial charge in [-0.15, -0.1) is 0 Å². The first-order valence-corrected chi connectivity index (χ1v) is 6.92. The van der Waals surface area contributed by atoms with E-state index >= 15 is 0 Å². The Morgan fingerprint density at radius 1 is 1.58 bits per heavy atom. The molecule has 1 saturated heterocycles. The van der Waals surface area contributed by atoms with Crippen LogP contribution in [0.15, 0.2) is 6.07 Å². The van der Waals surface area contributed by atoms with Gasteiger partial charge in [-0.1, -0.05) is 6.92 Å². The zero-order valence-electron chi connectivity index (χ0n) is 11.7. The molecule has 0 spiro atoms. The molecule has 0 atom stereocenters.